The predicted molar refractivity (Wildman–Crippen MR) is 90.6 cm³/mol. The number of phenolic OH excluding ortho intramolecular Hbond substituents is 1. The van der Waals surface area contributed by atoms with Crippen LogP contribution in [0.2, 0.25) is 0 Å². The molecule has 3 N–H and O–H groups in total. The zero-order chi connectivity index (χ0) is 16.1. The maximum atomic E-state index is 13.2. The van der Waals surface area contributed by atoms with Crippen molar-refractivity contribution in [3.63, 3.8) is 0 Å². The molecule has 0 aliphatic heterocycles. The first-order valence-electron chi connectivity index (χ1n) is 7.57. The molecule has 2 atom stereocenters. The van der Waals surface area contributed by atoms with Gasteiger partial charge in [-0.25, -0.2) is 4.39 Å². The average Bonchev–Trinajstić information content (AvgIpc) is 2.49. The molecule has 120 valence electrons. The van der Waals surface area contributed by atoms with Gasteiger partial charge in [0.05, 0.1) is 5.71 Å². The molecule has 0 heterocycles. The minimum atomic E-state index is -0.418. The van der Waals surface area contributed by atoms with Gasteiger partial charge in [0.25, 0.3) is 0 Å². The lowest BCUT2D eigenvalue weighted by molar-refractivity contribution is 0.308. The molecule has 0 saturated heterocycles. The van der Waals surface area contributed by atoms with E-state index in [1.54, 1.807) is 6.92 Å². The predicted octanol–water partition coefficient (Wildman–Crippen LogP) is 3.30. The topological polar surface area (TPSA) is 56.7 Å². The second kappa shape index (κ2) is 7.54. The Morgan fingerprint density at radius 1 is 1.36 bits per heavy atom. The lowest BCUT2D eigenvalue weighted by atomic mass is 9.86. The van der Waals surface area contributed by atoms with Crippen LogP contribution in [-0.2, 0) is 0 Å². The summed E-state index contributed by atoms with van der Waals surface area (Å²) in [4.78, 5) is 0. The quantitative estimate of drug-likeness (QED) is 0.454. The summed E-state index contributed by atoms with van der Waals surface area (Å²) in [7, 11) is 0. The van der Waals surface area contributed by atoms with Gasteiger partial charge in [-0.05, 0) is 56.1 Å². The minimum Gasteiger partial charge on any atom is -0.507 e. The number of nitrogens with zero attached hydrogens (tertiary/aromatic N) is 1. The van der Waals surface area contributed by atoms with Gasteiger partial charge in [-0.15, -0.1) is 0 Å². The third kappa shape index (κ3) is 4.40. The van der Waals surface area contributed by atoms with Crippen molar-refractivity contribution in [1.29, 1.82) is 0 Å². The monoisotopic (exact) mass is 323 g/mol. The lowest BCUT2D eigenvalue weighted by Crippen LogP contribution is -2.44. The zero-order valence-corrected chi connectivity index (χ0v) is 13.7. The number of hydrogen-bond acceptors (Lipinski definition) is 3. The number of rotatable bonds is 3. The Balaban J connectivity index is 1.95. The third-order valence-corrected chi connectivity index (χ3v) is 4.31. The number of nitrogens with one attached hydrogen (secondary N) is 2. The Kier molecular flexibility index (Phi) is 5.71. The van der Waals surface area contributed by atoms with Crippen LogP contribution in [0, 0.1) is 11.7 Å². The van der Waals surface area contributed by atoms with E-state index in [0.29, 0.717) is 28.3 Å². The van der Waals surface area contributed by atoms with Crippen molar-refractivity contribution in [2.24, 2.45) is 11.0 Å². The highest BCUT2D eigenvalue weighted by Gasteiger charge is 2.21. The fourth-order valence-electron chi connectivity index (χ4n) is 2.72. The first-order chi connectivity index (χ1) is 10.5. The number of halogens is 1. The van der Waals surface area contributed by atoms with Gasteiger partial charge in [-0.2, -0.15) is 5.10 Å². The van der Waals surface area contributed by atoms with E-state index in [0.717, 1.165) is 6.42 Å². The highest BCUT2D eigenvalue weighted by atomic mass is 32.1. The summed E-state index contributed by atoms with van der Waals surface area (Å²) in [6.07, 6.45) is 4.80. The molecular formula is C16H22FN3OS. The fraction of sp³-hybridized carbons (Fsp3) is 0.500. The second-order valence-corrected chi connectivity index (χ2v) is 6.22. The first-order valence-corrected chi connectivity index (χ1v) is 7.98. The molecule has 0 radical (unpaired) electrons. The van der Waals surface area contributed by atoms with Crippen LogP contribution in [-0.4, -0.2) is 22.0 Å². The summed E-state index contributed by atoms with van der Waals surface area (Å²) in [6.45, 7) is 3.91. The SMILES string of the molecule is C/C(=N\NC(=S)N[C@@H]1CCCC[C@H]1C)c1cc(F)ccc1O. The molecular weight excluding hydrogens is 301 g/mol. The molecule has 1 aromatic carbocycles. The van der Waals surface area contributed by atoms with Crippen LogP contribution in [0.1, 0.15) is 45.1 Å². The number of phenols is 1. The molecule has 0 unspecified atom stereocenters. The molecule has 1 saturated carbocycles. The van der Waals surface area contributed by atoms with Gasteiger partial charge >= 0.3 is 0 Å². The van der Waals surface area contributed by atoms with E-state index in [2.05, 4.69) is 22.8 Å². The Labute approximate surface area is 135 Å². The van der Waals surface area contributed by atoms with Crippen LogP contribution in [0.15, 0.2) is 23.3 Å². The van der Waals surface area contributed by atoms with Crippen molar-refractivity contribution in [3.8, 4) is 5.75 Å². The number of hydrogen-bond donors (Lipinski definition) is 3. The van der Waals surface area contributed by atoms with E-state index >= 15 is 0 Å². The molecule has 1 aliphatic carbocycles. The second-order valence-electron chi connectivity index (χ2n) is 5.81. The van der Waals surface area contributed by atoms with E-state index in [-0.39, 0.29) is 5.75 Å². The summed E-state index contributed by atoms with van der Waals surface area (Å²) in [5.41, 5.74) is 3.59. The summed E-state index contributed by atoms with van der Waals surface area (Å²) < 4.78 is 13.2. The third-order valence-electron chi connectivity index (χ3n) is 4.10. The minimum absolute atomic E-state index is 0.00997. The molecule has 22 heavy (non-hydrogen) atoms. The van der Waals surface area contributed by atoms with E-state index < -0.39 is 5.82 Å². The summed E-state index contributed by atoms with van der Waals surface area (Å²) in [5.74, 6) is 0.161. The highest BCUT2D eigenvalue weighted by molar-refractivity contribution is 7.80. The smallest absolute Gasteiger partial charge is 0.187 e. The van der Waals surface area contributed by atoms with Crippen molar-refractivity contribution < 1.29 is 9.50 Å². The molecule has 0 aromatic heterocycles. The van der Waals surface area contributed by atoms with Crippen molar-refractivity contribution in [2.75, 3.05) is 0 Å². The van der Waals surface area contributed by atoms with Gasteiger partial charge in [0, 0.05) is 11.6 Å². The van der Waals surface area contributed by atoms with Crippen LogP contribution >= 0.6 is 12.2 Å². The Morgan fingerprint density at radius 2 is 2.09 bits per heavy atom. The fourth-order valence-corrected chi connectivity index (χ4v) is 2.92. The normalized spacial score (nSPS) is 22.2. The molecule has 1 aromatic rings. The maximum absolute atomic E-state index is 13.2. The zero-order valence-electron chi connectivity index (χ0n) is 12.9. The van der Waals surface area contributed by atoms with Crippen molar-refractivity contribution >= 4 is 23.0 Å². The van der Waals surface area contributed by atoms with Crippen LogP contribution in [0.5, 0.6) is 5.75 Å². The van der Waals surface area contributed by atoms with Crippen molar-refractivity contribution in [2.45, 2.75) is 45.6 Å². The first kappa shape index (κ1) is 16.7. The van der Waals surface area contributed by atoms with Crippen LogP contribution in [0.4, 0.5) is 4.39 Å². The summed E-state index contributed by atoms with van der Waals surface area (Å²) in [6, 6.07) is 4.13. The van der Waals surface area contributed by atoms with Gasteiger partial charge in [0.2, 0.25) is 0 Å². The van der Waals surface area contributed by atoms with Crippen LogP contribution < -0.4 is 10.7 Å². The standard InChI is InChI=1S/C16H22FN3OS/c1-10-5-3-4-6-14(10)18-16(22)20-19-11(2)13-9-12(17)7-8-15(13)21/h7-10,14,21H,3-6H2,1-2H3,(H2,18,20,22)/b19-11+/t10-,14-/m1/s1. The molecule has 4 nitrogen and oxygen atoms in total. The van der Waals surface area contributed by atoms with Crippen molar-refractivity contribution in [3.05, 3.63) is 29.6 Å². The number of thiocarbonyl (C=S) groups is 1. The molecule has 1 fully saturated rings. The molecule has 0 spiro atoms. The molecule has 1 aliphatic rings. The van der Waals surface area contributed by atoms with E-state index in [1.807, 2.05) is 0 Å². The largest absolute Gasteiger partial charge is 0.507 e. The Hall–Kier alpha value is -1.69. The van der Waals surface area contributed by atoms with Crippen LogP contribution in [0.25, 0.3) is 0 Å². The number of benzene rings is 1. The Bertz CT molecular complexity index is 577. The lowest BCUT2D eigenvalue weighted by Gasteiger charge is -2.30. The van der Waals surface area contributed by atoms with Gasteiger partial charge in [0.15, 0.2) is 5.11 Å². The summed E-state index contributed by atoms with van der Waals surface area (Å²) >= 11 is 5.25. The molecule has 0 amide bonds. The summed E-state index contributed by atoms with van der Waals surface area (Å²) in [5, 5.41) is 17.6. The highest BCUT2D eigenvalue weighted by Crippen LogP contribution is 2.23. The van der Waals surface area contributed by atoms with Gasteiger partial charge in [0.1, 0.15) is 11.6 Å². The molecule has 6 heteroatoms. The molecule has 2 rings (SSSR count). The average molecular weight is 323 g/mol. The van der Waals surface area contributed by atoms with E-state index in [4.69, 9.17) is 12.2 Å². The van der Waals surface area contributed by atoms with Gasteiger partial charge in [-0.1, -0.05) is 19.8 Å². The number of aromatic hydroxyl groups is 1. The van der Waals surface area contributed by atoms with E-state index in [9.17, 15) is 9.50 Å². The Morgan fingerprint density at radius 3 is 2.82 bits per heavy atom. The molecule has 0 bridgehead atoms. The van der Waals surface area contributed by atoms with Crippen LogP contribution in [0.3, 0.4) is 0 Å². The van der Waals surface area contributed by atoms with E-state index in [1.165, 1.54) is 37.5 Å². The maximum Gasteiger partial charge on any atom is 0.187 e. The van der Waals surface area contributed by atoms with Crippen molar-refractivity contribution in [1.82, 2.24) is 10.7 Å². The van der Waals surface area contributed by atoms with Gasteiger partial charge in [-0.3, -0.25) is 5.43 Å². The number of hydrazone groups is 1. The van der Waals surface area contributed by atoms with Gasteiger partial charge < -0.3 is 10.4 Å².